The second kappa shape index (κ2) is 11.9. The molecule has 10 nitrogen and oxygen atoms in total. The van der Waals surface area contributed by atoms with Crippen LogP contribution in [-0.2, 0) is 9.59 Å². The zero-order valence-corrected chi connectivity index (χ0v) is 25.3. The zero-order chi connectivity index (χ0) is 31.8. The van der Waals surface area contributed by atoms with E-state index in [2.05, 4.69) is 20.6 Å². The normalized spacial score (nSPS) is 16.8. The molecule has 2 saturated carbocycles. The summed E-state index contributed by atoms with van der Waals surface area (Å²) in [5, 5.41) is 15.8. The third-order valence-corrected chi connectivity index (χ3v) is 9.59. The quantitative estimate of drug-likeness (QED) is 0.161. The van der Waals surface area contributed by atoms with Crippen LogP contribution in [0.3, 0.4) is 0 Å². The number of carboxylic acids is 1. The molecule has 3 heterocycles. The molecule has 10 heteroatoms. The van der Waals surface area contributed by atoms with E-state index in [4.69, 9.17) is 5.11 Å². The maximum Gasteiger partial charge on any atom is 0.331 e. The molecule has 0 spiro atoms. The lowest BCUT2D eigenvalue weighted by molar-refractivity contribution is -0.131. The number of carboxylic acid groups (broad SMARTS) is 1. The van der Waals surface area contributed by atoms with Gasteiger partial charge in [-0.1, -0.05) is 50.3 Å². The summed E-state index contributed by atoms with van der Waals surface area (Å²) in [7, 11) is 0. The van der Waals surface area contributed by atoms with Gasteiger partial charge in [-0.05, 0) is 85.2 Å². The van der Waals surface area contributed by atoms with Crippen molar-refractivity contribution >= 4 is 57.0 Å². The van der Waals surface area contributed by atoms with Gasteiger partial charge in [-0.3, -0.25) is 19.0 Å². The molecule has 0 atom stereocenters. The van der Waals surface area contributed by atoms with Gasteiger partial charge in [-0.2, -0.15) is 0 Å². The first-order valence-corrected chi connectivity index (χ1v) is 15.9. The van der Waals surface area contributed by atoms with Gasteiger partial charge in [0.15, 0.2) is 0 Å². The molecule has 4 N–H and O–H groups in total. The van der Waals surface area contributed by atoms with Gasteiger partial charge in [0.25, 0.3) is 5.91 Å². The summed E-state index contributed by atoms with van der Waals surface area (Å²) in [6, 6.07) is 16.0. The smallest absolute Gasteiger partial charge is 0.331 e. The molecule has 234 valence electrons. The molecule has 0 unspecified atom stereocenters. The van der Waals surface area contributed by atoms with Crippen molar-refractivity contribution in [3.05, 3.63) is 94.0 Å². The lowest BCUT2D eigenvalue weighted by Gasteiger charge is -2.29. The minimum Gasteiger partial charge on any atom is -0.478 e. The number of nitrogens with one attached hydrogen (secondary N) is 3. The van der Waals surface area contributed by atoms with Crippen molar-refractivity contribution in [1.82, 2.24) is 19.7 Å². The van der Waals surface area contributed by atoms with E-state index in [0.29, 0.717) is 46.6 Å². The SMILES string of the molecule is O=C(O)/C=C/c1ccc(NC(=O)C2(NC(=O)c3ccc4c(C5CCCCC5)c5c6ncccc6[nH]c(=O)n5c4c3)CCCC2)cc1. The average Bonchev–Trinajstić information content (AvgIpc) is 3.68. The van der Waals surface area contributed by atoms with Gasteiger partial charge in [0.2, 0.25) is 5.91 Å². The first-order chi connectivity index (χ1) is 22.3. The number of fused-ring (bicyclic) bond motifs is 5. The van der Waals surface area contributed by atoms with Gasteiger partial charge in [0.1, 0.15) is 11.1 Å². The highest BCUT2D eigenvalue weighted by molar-refractivity contribution is 6.07. The molecule has 2 amide bonds. The predicted octanol–water partition coefficient (Wildman–Crippen LogP) is 6.16. The predicted molar refractivity (Wildman–Crippen MR) is 177 cm³/mol. The van der Waals surface area contributed by atoms with Gasteiger partial charge < -0.3 is 20.7 Å². The first kappa shape index (κ1) is 29.5. The number of benzene rings is 2. The van der Waals surface area contributed by atoms with E-state index in [0.717, 1.165) is 66.6 Å². The van der Waals surface area contributed by atoms with Crippen molar-refractivity contribution in [3.8, 4) is 0 Å². The lowest BCUT2D eigenvalue weighted by Crippen LogP contribution is -2.55. The Morgan fingerprint density at radius 3 is 2.48 bits per heavy atom. The molecule has 2 fully saturated rings. The summed E-state index contributed by atoms with van der Waals surface area (Å²) in [6.45, 7) is 0. The van der Waals surface area contributed by atoms with Crippen molar-refractivity contribution in [2.75, 3.05) is 5.32 Å². The Hall–Kier alpha value is -5.25. The number of anilines is 1. The molecule has 3 aromatic heterocycles. The highest BCUT2D eigenvalue weighted by Crippen LogP contribution is 2.41. The number of H-pyrrole nitrogens is 1. The number of amides is 2. The summed E-state index contributed by atoms with van der Waals surface area (Å²) in [5.74, 6) is -1.42. The van der Waals surface area contributed by atoms with Gasteiger partial charge in [0.05, 0.1) is 16.6 Å². The molecule has 0 radical (unpaired) electrons. The topological polar surface area (TPSA) is 146 Å². The minimum absolute atomic E-state index is 0.281. The highest BCUT2D eigenvalue weighted by Gasteiger charge is 2.42. The summed E-state index contributed by atoms with van der Waals surface area (Å²) in [5.41, 5.74) is 4.23. The number of aliphatic carboxylic acids is 1. The molecule has 0 aliphatic heterocycles. The van der Waals surface area contributed by atoms with Gasteiger partial charge in [0, 0.05) is 28.9 Å². The van der Waals surface area contributed by atoms with Crippen LogP contribution in [0.5, 0.6) is 0 Å². The monoisotopic (exact) mass is 617 g/mol. The van der Waals surface area contributed by atoms with Crippen LogP contribution in [0.2, 0.25) is 0 Å². The maximum atomic E-state index is 13.9. The Kier molecular flexibility index (Phi) is 7.64. The number of hydrogen-bond donors (Lipinski definition) is 4. The fourth-order valence-electron chi connectivity index (χ4n) is 7.34. The van der Waals surface area contributed by atoms with E-state index in [-0.39, 0.29) is 17.5 Å². The Morgan fingerprint density at radius 1 is 0.978 bits per heavy atom. The van der Waals surface area contributed by atoms with E-state index in [1.807, 2.05) is 18.2 Å². The number of rotatable bonds is 7. The Bertz CT molecular complexity index is 2080. The maximum absolute atomic E-state index is 13.9. The van der Waals surface area contributed by atoms with E-state index in [1.165, 1.54) is 12.5 Å². The van der Waals surface area contributed by atoms with Crippen LogP contribution in [0.25, 0.3) is 33.5 Å². The summed E-state index contributed by atoms with van der Waals surface area (Å²) in [6.07, 6.45) is 12.4. The third-order valence-electron chi connectivity index (χ3n) is 9.59. The van der Waals surface area contributed by atoms with Crippen LogP contribution >= 0.6 is 0 Å². The fraction of sp³-hybridized carbons (Fsp3) is 0.306. The number of hydrogen-bond acceptors (Lipinski definition) is 5. The van der Waals surface area contributed by atoms with E-state index in [1.54, 1.807) is 47.0 Å². The van der Waals surface area contributed by atoms with Gasteiger partial charge >= 0.3 is 11.7 Å². The number of nitrogens with zero attached hydrogens (tertiary/aromatic N) is 2. The minimum atomic E-state index is -1.08. The molecule has 2 aliphatic rings. The largest absolute Gasteiger partial charge is 0.478 e. The Labute approximate surface area is 264 Å². The van der Waals surface area contributed by atoms with Crippen LogP contribution in [0, 0.1) is 0 Å². The van der Waals surface area contributed by atoms with Crippen molar-refractivity contribution < 1.29 is 19.5 Å². The molecular weight excluding hydrogens is 582 g/mol. The van der Waals surface area contributed by atoms with Crippen molar-refractivity contribution in [2.45, 2.75) is 69.2 Å². The van der Waals surface area contributed by atoms with Crippen LogP contribution in [0.1, 0.15) is 85.2 Å². The van der Waals surface area contributed by atoms with Crippen molar-refractivity contribution in [2.24, 2.45) is 0 Å². The average molecular weight is 618 g/mol. The second-order valence-electron chi connectivity index (χ2n) is 12.5. The standard InChI is InChI=1S/C36H35N5O5/c42-29(43)17-12-22-10-14-25(15-11-22)38-34(45)36(18-4-5-19-36)40-33(44)24-13-16-26-28(21-24)41-32(30(26)23-7-2-1-3-8-23)31-27(39-35(41)46)9-6-20-37-31/h6,9-17,20-21,23H,1-5,7-8,18-19H2,(H,38,45)(H,39,46)(H,40,44)(H,42,43)/b17-12+. The molecular formula is C36H35N5O5. The molecule has 2 aliphatic carbocycles. The second-order valence-corrected chi connectivity index (χ2v) is 12.5. The number of carbonyl (C=O) groups is 3. The first-order valence-electron chi connectivity index (χ1n) is 15.9. The molecule has 2 aromatic carbocycles. The van der Waals surface area contributed by atoms with Gasteiger partial charge in [-0.15, -0.1) is 0 Å². The number of aromatic amines is 1. The summed E-state index contributed by atoms with van der Waals surface area (Å²) in [4.78, 5) is 59.5. The Morgan fingerprint density at radius 2 is 1.74 bits per heavy atom. The lowest BCUT2D eigenvalue weighted by atomic mass is 9.83. The highest BCUT2D eigenvalue weighted by atomic mass is 16.4. The number of carbonyl (C=O) groups excluding carboxylic acids is 2. The van der Waals surface area contributed by atoms with Crippen LogP contribution < -0.4 is 16.3 Å². The Balaban J connectivity index is 1.23. The van der Waals surface area contributed by atoms with Crippen molar-refractivity contribution in [1.29, 1.82) is 0 Å². The van der Waals surface area contributed by atoms with Crippen LogP contribution in [0.4, 0.5) is 5.69 Å². The van der Waals surface area contributed by atoms with Gasteiger partial charge in [-0.25, -0.2) is 9.59 Å². The molecule has 5 aromatic rings. The number of pyridine rings is 1. The van der Waals surface area contributed by atoms with E-state index >= 15 is 0 Å². The molecule has 46 heavy (non-hydrogen) atoms. The number of aromatic nitrogens is 3. The third kappa shape index (κ3) is 5.33. The van der Waals surface area contributed by atoms with Crippen LogP contribution in [-0.4, -0.2) is 42.8 Å². The molecule has 0 bridgehead atoms. The summed E-state index contributed by atoms with van der Waals surface area (Å²) >= 11 is 0. The van der Waals surface area contributed by atoms with E-state index < -0.39 is 11.5 Å². The molecule has 7 rings (SSSR count). The summed E-state index contributed by atoms with van der Waals surface area (Å²) < 4.78 is 1.67. The fourth-order valence-corrected chi connectivity index (χ4v) is 7.34. The zero-order valence-electron chi connectivity index (χ0n) is 25.3. The van der Waals surface area contributed by atoms with Crippen LogP contribution in [0.15, 0.2) is 71.7 Å². The van der Waals surface area contributed by atoms with Crippen molar-refractivity contribution in [3.63, 3.8) is 0 Å². The molecule has 0 saturated heterocycles. The van der Waals surface area contributed by atoms with E-state index in [9.17, 15) is 19.2 Å².